The molecule has 122 valence electrons. The molecule has 1 heterocycles. The zero-order valence-corrected chi connectivity index (χ0v) is 14.6. The third kappa shape index (κ3) is 4.19. The van der Waals surface area contributed by atoms with E-state index in [9.17, 15) is 9.59 Å². The molecule has 1 amide bonds. The number of carboxylic acids is 1. The van der Waals surface area contributed by atoms with Crippen molar-refractivity contribution in [2.75, 3.05) is 0 Å². The lowest BCUT2D eigenvalue weighted by Gasteiger charge is -2.14. The quantitative estimate of drug-likeness (QED) is 0.830. The number of carboxylic acid groups (broad SMARTS) is 1. The number of benzene rings is 1. The van der Waals surface area contributed by atoms with Crippen molar-refractivity contribution in [3.8, 4) is 0 Å². The van der Waals surface area contributed by atoms with E-state index in [2.05, 4.69) is 26.4 Å². The molecule has 0 radical (unpaired) electrons. The van der Waals surface area contributed by atoms with Gasteiger partial charge >= 0.3 is 5.97 Å². The smallest absolute Gasteiger partial charge is 0.335 e. The molecule has 2 N–H and O–H groups in total. The SMILES string of the molecule is Cc1noc(C)c1CC(C)NC(=O)c1cc(Br)cc(C(=O)O)c1. The molecule has 1 aromatic carbocycles. The largest absolute Gasteiger partial charge is 0.478 e. The van der Waals surface area contributed by atoms with Gasteiger partial charge in [0.05, 0.1) is 11.3 Å². The Hall–Kier alpha value is -2.15. The van der Waals surface area contributed by atoms with E-state index in [0.717, 1.165) is 17.0 Å². The van der Waals surface area contributed by atoms with Crippen LogP contribution in [0.2, 0.25) is 0 Å². The van der Waals surface area contributed by atoms with Crippen molar-refractivity contribution in [3.63, 3.8) is 0 Å². The summed E-state index contributed by atoms with van der Waals surface area (Å²) in [7, 11) is 0. The summed E-state index contributed by atoms with van der Waals surface area (Å²) < 4.78 is 5.65. The van der Waals surface area contributed by atoms with Crippen molar-refractivity contribution in [1.29, 1.82) is 0 Å². The number of aryl methyl sites for hydroxylation is 2. The first kappa shape index (κ1) is 17.2. The molecule has 23 heavy (non-hydrogen) atoms. The van der Waals surface area contributed by atoms with E-state index in [0.29, 0.717) is 16.5 Å². The third-order valence-electron chi connectivity index (χ3n) is 3.48. The Morgan fingerprint density at radius 2 is 1.96 bits per heavy atom. The molecule has 0 spiro atoms. The van der Waals surface area contributed by atoms with Crippen molar-refractivity contribution in [3.05, 3.63) is 50.8 Å². The van der Waals surface area contributed by atoms with E-state index in [1.807, 2.05) is 20.8 Å². The first-order valence-electron chi connectivity index (χ1n) is 7.04. The Labute approximate surface area is 142 Å². The standard InChI is InChI=1S/C16H17BrN2O4/c1-8(4-14-9(2)19-23-10(14)3)18-15(20)11-5-12(16(21)22)7-13(17)6-11/h5-8H,4H2,1-3H3,(H,18,20)(H,21,22). The zero-order chi connectivity index (χ0) is 17.1. The van der Waals surface area contributed by atoms with Crippen LogP contribution >= 0.6 is 15.9 Å². The van der Waals surface area contributed by atoms with Crippen LogP contribution in [0.1, 0.15) is 44.7 Å². The number of nitrogens with one attached hydrogen (secondary N) is 1. The maximum atomic E-state index is 12.3. The minimum atomic E-state index is -1.08. The number of aromatic carboxylic acids is 1. The Morgan fingerprint density at radius 3 is 2.52 bits per heavy atom. The van der Waals surface area contributed by atoms with Crippen LogP contribution in [0.15, 0.2) is 27.2 Å². The van der Waals surface area contributed by atoms with Gasteiger partial charge in [0, 0.05) is 21.6 Å². The number of aromatic nitrogens is 1. The van der Waals surface area contributed by atoms with Crippen molar-refractivity contribution in [1.82, 2.24) is 10.5 Å². The molecule has 1 atom stereocenters. The number of amides is 1. The predicted molar refractivity (Wildman–Crippen MR) is 87.7 cm³/mol. The number of carbonyl (C=O) groups is 2. The van der Waals surface area contributed by atoms with Crippen LogP contribution < -0.4 is 5.32 Å². The van der Waals surface area contributed by atoms with E-state index >= 15 is 0 Å². The van der Waals surface area contributed by atoms with Gasteiger partial charge in [0.2, 0.25) is 0 Å². The topological polar surface area (TPSA) is 92.4 Å². The summed E-state index contributed by atoms with van der Waals surface area (Å²) in [6, 6.07) is 4.24. The highest BCUT2D eigenvalue weighted by atomic mass is 79.9. The fourth-order valence-electron chi connectivity index (χ4n) is 2.30. The number of halogens is 1. The van der Waals surface area contributed by atoms with Gasteiger partial charge < -0.3 is 14.9 Å². The zero-order valence-electron chi connectivity index (χ0n) is 13.0. The number of hydrogen-bond acceptors (Lipinski definition) is 4. The van der Waals surface area contributed by atoms with Crippen molar-refractivity contribution < 1.29 is 19.2 Å². The van der Waals surface area contributed by atoms with E-state index in [-0.39, 0.29) is 17.5 Å². The fourth-order valence-corrected chi connectivity index (χ4v) is 2.80. The van der Waals surface area contributed by atoms with Gasteiger partial charge in [-0.25, -0.2) is 4.79 Å². The summed E-state index contributed by atoms with van der Waals surface area (Å²) in [5.41, 5.74) is 2.13. The summed E-state index contributed by atoms with van der Waals surface area (Å²) in [5.74, 6) is -0.670. The van der Waals surface area contributed by atoms with Crippen LogP contribution in [0.25, 0.3) is 0 Å². The predicted octanol–water partition coefficient (Wildman–Crippen LogP) is 3.11. The average Bonchev–Trinajstić information content (AvgIpc) is 2.78. The molecule has 7 heteroatoms. The van der Waals surface area contributed by atoms with Gasteiger partial charge in [-0.3, -0.25) is 4.79 Å². The first-order chi connectivity index (χ1) is 10.8. The van der Waals surface area contributed by atoms with E-state index in [1.54, 1.807) is 6.07 Å². The molecule has 1 unspecified atom stereocenters. The van der Waals surface area contributed by atoms with Gasteiger partial charge in [-0.15, -0.1) is 0 Å². The molecular formula is C16H17BrN2O4. The fraction of sp³-hybridized carbons (Fsp3) is 0.312. The van der Waals surface area contributed by atoms with Gasteiger partial charge in [0.25, 0.3) is 5.91 Å². The number of carbonyl (C=O) groups excluding carboxylic acids is 1. The second kappa shape index (κ2) is 6.95. The lowest BCUT2D eigenvalue weighted by Crippen LogP contribution is -2.34. The molecule has 6 nitrogen and oxygen atoms in total. The minimum absolute atomic E-state index is 0.0582. The number of hydrogen-bond donors (Lipinski definition) is 2. The maximum absolute atomic E-state index is 12.3. The van der Waals surface area contributed by atoms with Crippen molar-refractivity contribution in [2.45, 2.75) is 33.2 Å². The highest BCUT2D eigenvalue weighted by molar-refractivity contribution is 9.10. The van der Waals surface area contributed by atoms with Gasteiger partial charge in [-0.2, -0.15) is 0 Å². The van der Waals surface area contributed by atoms with Gasteiger partial charge in [-0.05, 0) is 45.4 Å². The highest BCUT2D eigenvalue weighted by Crippen LogP contribution is 2.17. The van der Waals surface area contributed by atoms with E-state index in [4.69, 9.17) is 9.63 Å². The van der Waals surface area contributed by atoms with Crippen molar-refractivity contribution in [2.24, 2.45) is 0 Å². The Bertz CT molecular complexity index is 735. The van der Waals surface area contributed by atoms with Crippen molar-refractivity contribution >= 4 is 27.8 Å². The molecule has 0 saturated heterocycles. The molecule has 0 bridgehead atoms. The number of nitrogens with zero attached hydrogens (tertiary/aromatic N) is 1. The average molecular weight is 381 g/mol. The Kier molecular flexibility index (Phi) is 5.20. The van der Waals surface area contributed by atoms with Gasteiger partial charge in [0.1, 0.15) is 5.76 Å². The van der Waals surface area contributed by atoms with Gasteiger partial charge in [-0.1, -0.05) is 21.1 Å². The molecule has 0 aliphatic heterocycles. The van der Waals surface area contributed by atoms with E-state index in [1.165, 1.54) is 12.1 Å². The molecule has 2 rings (SSSR count). The molecule has 0 aliphatic carbocycles. The second-order valence-electron chi connectivity index (χ2n) is 5.42. The first-order valence-corrected chi connectivity index (χ1v) is 7.83. The summed E-state index contributed by atoms with van der Waals surface area (Å²) in [6.45, 7) is 5.56. The second-order valence-corrected chi connectivity index (χ2v) is 6.33. The van der Waals surface area contributed by atoms with E-state index < -0.39 is 5.97 Å². The van der Waals surface area contributed by atoms with Crippen LogP contribution in [0.5, 0.6) is 0 Å². The van der Waals surface area contributed by atoms with Gasteiger partial charge in [0.15, 0.2) is 0 Å². The van der Waals surface area contributed by atoms with Crippen LogP contribution in [0, 0.1) is 13.8 Å². The van der Waals surface area contributed by atoms with Crippen LogP contribution in [-0.2, 0) is 6.42 Å². The summed E-state index contributed by atoms with van der Waals surface area (Å²) in [5, 5.41) is 15.8. The molecule has 0 saturated carbocycles. The Balaban J connectivity index is 2.11. The molecule has 1 aromatic heterocycles. The monoisotopic (exact) mass is 380 g/mol. The molecule has 0 fully saturated rings. The lowest BCUT2D eigenvalue weighted by molar-refractivity contribution is 0.0697. The Morgan fingerprint density at radius 1 is 1.30 bits per heavy atom. The normalized spacial score (nSPS) is 12.0. The lowest BCUT2D eigenvalue weighted by atomic mass is 10.0. The van der Waals surface area contributed by atoms with Crippen LogP contribution in [-0.4, -0.2) is 28.2 Å². The molecule has 0 aliphatic rings. The summed E-state index contributed by atoms with van der Waals surface area (Å²) >= 11 is 3.22. The van der Waals surface area contributed by atoms with Crippen LogP contribution in [0.4, 0.5) is 0 Å². The van der Waals surface area contributed by atoms with Crippen LogP contribution in [0.3, 0.4) is 0 Å². The highest BCUT2D eigenvalue weighted by Gasteiger charge is 2.17. The number of rotatable bonds is 5. The molecular weight excluding hydrogens is 364 g/mol. The summed E-state index contributed by atoms with van der Waals surface area (Å²) in [4.78, 5) is 23.4. The maximum Gasteiger partial charge on any atom is 0.335 e. The summed E-state index contributed by atoms with van der Waals surface area (Å²) in [6.07, 6.45) is 0.590. The molecule has 2 aromatic rings. The third-order valence-corrected chi connectivity index (χ3v) is 3.93. The minimum Gasteiger partial charge on any atom is -0.478 e.